The highest BCUT2D eigenvalue weighted by Gasteiger charge is 2.48. The summed E-state index contributed by atoms with van der Waals surface area (Å²) in [5.41, 5.74) is 7.93. The van der Waals surface area contributed by atoms with E-state index in [0.717, 1.165) is 70.9 Å². The van der Waals surface area contributed by atoms with Gasteiger partial charge in [-0.1, -0.05) is 152 Å². The van der Waals surface area contributed by atoms with Crippen LogP contribution < -0.4 is 21.0 Å². The first-order valence-electron chi connectivity index (χ1n) is 22.2. The van der Waals surface area contributed by atoms with Gasteiger partial charge in [-0.3, -0.25) is 14.5 Å². The molecule has 0 aliphatic heterocycles. The number of thiophene rings is 1. The number of pyridine rings is 2. The summed E-state index contributed by atoms with van der Waals surface area (Å²) in [4.78, 5) is 16.0. The predicted octanol–water partition coefficient (Wildman–Crippen LogP) is 12.5. The normalized spacial score (nSPS) is 12.3. The average molecular weight is 882 g/mol. The summed E-state index contributed by atoms with van der Waals surface area (Å²) < 4.78 is 14.4. The third kappa shape index (κ3) is 5.31. The van der Waals surface area contributed by atoms with Gasteiger partial charge in [-0.25, -0.2) is 4.99 Å². The summed E-state index contributed by atoms with van der Waals surface area (Å²) >= 11 is 1.83. The number of fused-ring (bicyclic) bond motifs is 10. The quantitative estimate of drug-likeness (QED) is 0.113. The van der Waals surface area contributed by atoms with Gasteiger partial charge in [0.05, 0.1) is 48.0 Å². The minimum absolute atomic E-state index is 0.756. The van der Waals surface area contributed by atoms with Crippen molar-refractivity contribution in [2.24, 2.45) is 4.99 Å². The molecule has 66 heavy (non-hydrogen) atoms. The van der Waals surface area contributed by atoms with Crippen molar-refractivity contribution < 1.29 is 4.42 Å². The van der Waals surface area contributed by atoms with Crippen molar-refractivity contribution in [2.45, 2.75) is 6.92 Å². The Morgan fingerprint density at radius 2 is 1.02 bits per heavy atom. The largest absolute Gasteiger partial charge is 0.452 e. The Morgan fingerprint density at radius 3 is 1.67 bits per heavy atom. The van der Waals surface area contributed by atoms with Crippen molar-refractivity contribution >= 4 is 133 Å². The predicted molar refractivity (Wildman–Crippen MR) is 281 cm³/mol. The van der Waals surface area contributed by atoms with Crippen molar-refractivity contribution in [3.05, 3.63) is 207 Å². The highest BCUT2D eigenvalue weighted by molar-refractivity contribution is 7.31. The van der Waals surface area contributed by atoms with Crippen LogP contribution in [0.4, 0.5) is 5.82 Å². The van der Waals surface area contributed by atoms with Crippen LogP contribution in [-0.2, 0) is 0 Å². The fourth-order valence-electron chi connectivity index (χ4n) is 10.6. The van der Waals surface area contributed by atoms with E-state index in [2.05, 4.69) is 198 Å². The van der Waals surface area contributed by atoms with Gasteiger partial charge >= 0.3 is 0 Å². The van der Waals surface area contributed by atoms with Crippen LogP contribution in [0.25, 0.3) is 92.3 Å². The lowest BCUT2D eigenvalue weighted by atomic mass is 10.1. The number of para-hydroxylation sites is 4. The molecule has 13 aromatic rings. The van der Waals surface area contributed by atoms with E-state index in [1.54, 1.807) is 0 Å². The standard InChI is InChI=1S/C58H39N5OSSi/c1-3-39-40-23-11-16-30-49(40)63(56(39)59-4-2)50-31-17-26-43-44-33-35-60-57(53(44)64-52(43)50)66(37-19-7-5-8-20-37,38-21-9-6-10-22-38)58-55-46(34-36-61-58)45-27-18-32-51(54(45)65-55)62-47-28-14-12-24-41(47)42-25-13-15-29-48(42)62/h3-36H,1H2,2H3/b59-4-. The SMILES string of the molecule is C=Cc1c(/N=C\C)n(-c2cccc3c2oc2c([Si](c4ccccc4)(c4ccccc4)c4nccc5c4sc4c(-n6c7ccccc7c7ccccc76)cccc45)nccc23)c2ccccc12. The molecule has 0 saturated heterocycles. The molecule has 0 spiro atoms. The van der Waals surface area contributed by atoms with E-state index in [9.17, 15) is 0 Å². The van der Waals surface area contributed by atoms with Gasteiger partial charge in [-0.2, -0.15) is 0 Å². The highest BCUT2D eigenvalue weighted by atomic mass is 32.1. The van der Waals surface area contributed by atoms with Crippen LogP contribution >= 0.6 is 11.3 Å². The molecule has 0 bridgehead atoms. The van der Waals surface area contributed by atoms with E-state index in [4.69, 9.17) is 19.4 Å². The Bertz CT molecular complexity index is 4010. The molecular weight excluding hydrogens is 843 g/mol. The summed E-state index contributed by atoms with van der Waals surface area (Å²) in [5.74, 6) is 0.804. The van der Waals surface area contributed by atoms with Crippen molar-refractivity contribution in [3.63, 3.8) is 0 Å². The van der Waals surface area contributed by atoms with Gasteiger partial charge in [0, 0.05) is 61.9 Å². The Hall–Kier alpha value is -8.17. The zero-order valence-corrected chi connectivity index (χ0v) is 37.7. The molecule has 6 aromatic heterocycles. The Labute approximate surface area is 384 Å². The summed E-state index contributed by atoms with van der Waals surface area (Å²) in [6, 6.07) is 65.1. The molecule has 0 aliphatic rings. The fourth-order valence-corrected chi connectivity index (χ4v) is 17.0. The van der Waals surface area contributed by atoms with Crippen molar-refractivity contribution in [3.8, 4) is 11.4 Å². The maximum atomic E-state index is 7.43. The lowest BCUT2D eigenvalue weighted by molar-refractivity contribution is 0.667. The monoisotopic (exact) mass is 881 g/mol. The molecule has 0 amide bonds. The average Bonchev–Trinajstić information content (AvgIpc) is 4.13. The number of aliphatic imine (C=N–C) groups is 1. The second-order valence-corrected chi connectivity index (χ2v) is 21.2. The van der Waals surface area contributed by atoms with Crippen LogP contribution in [0.3, 0.4) is 0 Å². The number of hydrogen-bond donors (Lipinski definition) is 0. The number of nitrogens with zero attached hydrogens (tertiary/aromatic N) is 5. The minimum atomic E-state index is -3.45. The van der Waals surface area contributed by atoms with Gasteiger partial charge in [-0.05, 0) is 59.8 Å². The second-order valence-electron chi connectivity index (χ2n) is 16.6. The van der Waals surface area contributed by atoms with Crippen LogP contribution in [0.1, 0.15) is 12.5 Å². The summed E-state index contributed by atoms with van der Waals surface area (Å²) in [6.45, 7) is 6.16. The van der Waals surface area contributed by atoms with E-state index >= 15 is 0 Å². The fraction of sp³-hybridized carbons (Fsp3) is 0.0172. The third-order valence-electron chi connectivity index (χ3n) is 13.3. The zero-order valence-electron chi connectivity index (χ0n) is 35.9. The third-order valence-corrected chi connectivity index (χ3v) is 19.3. The number of benzene rings is 7. The lowest BCUT2D eigenvalue weighted by Gasteiger charge is -2.32. The number of rotatable bonds is 8. The number of furan rings is 1. The van der Waals surface area contributed by atoms with Gasteiger partial charge in [0.25, 0.3) is 0 Å². The van der Waals surface area contributed by atoms with Crippen LogP contribution in [0.2, 0.25) is 0 Å². The van der Waals surface area contributed by atoms with Crippen molar-refractivity contribution in [1.29, 1.82) is 0 Å². The van der Waals surface area contributed by atoms with Crippen LogP contribution in [0.15, 0.2) is 210 Å². The maximum absolute atomic E-state index is 7.43. The molecule has 0 atom stereocenters. The topological polar surface area (TPSA) is 61.1 Å². The van der Waals surface area contributed by atoms with Gasteiger partial charge < -0.3 is 8.98 Å². The molecule has 8 heteroatoms. The Kier molecular flexibility index (Phi) is 8.68. The van der Waals surface area contributed by atoms with Crippen LogP contribution in [-0.4, -0.2) is 33.4 Å². The number of hydrogen-bond acceptors (Lipinski definition) is 5. The smallest absolute Gasteiger partial charge is 0.230 e. The first-order chi connectivity index (χ1) is 32.7. The van der Waals surface area contributed by atoms with Crippen LogP contribution in [0.5, 0.6) is 0 Å². The van der Waals surface area contributed by atoms with Gasteiger partial charge in [0.15, 0.2) is 11.2 Å². The van der Waals surface area contributed by atoms with E-state index in [0.29, 0.717) is 0 Å². The summed E-state index contributed by atoms with van der Waals surface area (Å²) in [6.07, 6.45) is 7.71. The molecule has 0 unspecified atom stereocenters. The molecule has 6 nitrogen and oxygen atoms in total. The van der Waals surface area contributed by atoms with Gasteiger partial charge in [-0.15, -0.1) is 11.3 Å². The molecule has 13 rings (SSSR count). The molecule has 0 aliphatic carbocycles. The highest BCUT2D eigenvalue weighted by Crippen LogP contribution is 2.43. The van der Waals surface area contributed by atoms with Crippen molar-refractivity contribution in [1.82, 2.24) is 19.1 Å². The first-order valence-corrected chi connectivity index (χ1v) is 25.0. The Morgan fingerprint density at radius 1 is 0.500 bits per heavy atom. The zero-order chi connectivity index (χ0) is 43.9. The maximum Gasteiger partial charge on any atom is 0.230 e. The molecule has 312 valence electrons. The van der Waals surface area contributed by atoms with Gasteiger partial charge in [0.1, 0.15) is 5.82 Å². The van der Waals surface area contributed by atoms with E-state index in [-0.39, 0.29) is 0 Å². The number of aromatic nitrogens is 4. The molecule has 0 N–H and O–H groups in total. The summed E-state index contributed by atoms with van der Waals surface area (Å²) in [5, 5.41) is 12.2. The second kappa shape index (κ2) is 15.0. The molecule has 0 fully saturated rings. The minimum Gasteiger partial charge on any atom is -0.452 e. The molecule has 6 heterocycles. The lowest BCUT2D eigenvalue weighted by Crippen LogP contribution is -2.76. The van der Waals surface area contributed by atoms with E-state index in [1.807, 2.05) is 42.9 Å². The summed E-state index contributed by atoms with van der Waals surface area (Å²) in [7, 11) is -3.45. The van der Waals surface area contributed by atoms with E-state index < -0.39 is 8.07 Å². The Balaban J connectivity index is 1.15. The van der Waals surface area contributed by atoms with Crippen LogP contribution in [0, 0.1) is 0 Å². The van der Waals surface area contributed by atoms with E-state index in [1.165, 1.54) is 47.7 Å². The first kappa shape index (κ1) is 38.3. The molecule has 7 aromatic carbocycles. The molecular formula is C58H39N5OSSi. The molecule has 0 radical (unpaired) electrons. The van der Waals surface area contributed by atoms with Crippen molar-refractivity contribution in [2.75, 3.05) is 0 Å². The molecule has 0 saturated carbocycles. The van der Waals surface area contributed by atoms with Gasteiger partial charge in [0.2, 0.25) is 8.07 Å².